The predicted octanol–water partition coefficient (Wildman–Crippen LogP) is 1.08. The van der Waals surface area contributed by atoms with Gasteiger partial charge >= 0.3 is 0 Å². The Kier molecular flexibility index (Phi) is 4.75. The zero-order chi connectivity index (χ0) is 17.9. The summed E-state index contributed by atoms with van der Waals surface area (Å²) in [5, 5.41) is 14.6. The third-order valence-electron chi connectivity index (χ3n) is 4.83. The number of piperidine rings is 1. The molecule has 4 rings (SSSR count). The van der Waals surface area contributed by atoms with Gasteiger partial charge in [0, 0.05) is 12.6 Å². The lowest BCUT2D eigenvalue weighted by atomic mass is 10.00. The van der Waals surface area contributed by atoms with Gasteiger partial charge in [-0.05, 0) is 50.9 Å². The van der Waals surface area contributed by atoms with Crippen molar-refractivity contribution in [2.24, 2.45) is 5.92 Å². The highest BCUT2D eigenvalue weighted by atomic mass is 16.6. The molecule has 1 aromatic heterocycles. The normalized spacial score (nSPS) is 19.2. The number of carbonyl (C=O) groups excluding carboxylic acids is 1. The first-order valence-corrected chi connectivity index (χ1v) is 9.03. The molecule has 2 N–H and O–H groups in total. The van der Waals surface area contributed by atoms with E-state index in [1.165, 1.54) is 0 Å². The number of amides is 1. The topological polar surface area (TPSA) is 90.3 Å². The standard InChI is InChI=1S/C18H23N5O3/c1-12-17(18(24)20-11-13-3-2-6-19-10-13)21-22-23(12)14-4-5-15-16(9-14)26-8-7-25-15/h4-5,9,13,19H,2-3,6-8,10-11H2,1H3,(H,20,24). The quantitative estimate of drug-likeness (QED) is 0.851. The molecule has 1 fully saturated rings. The minimum absolute atomic E-state index is 0.183. The average molecular weight is 357 g/mol. The summed E-state index contributed by atoms with van der Waals surface area (Å²) >= 11 is 0. The molecule has 1 amide bonds. The van der Waals surface area contributed by atoms with Crippen molar-refractivity contribution in [3.8, 4) is 17.2 Å². The van der Waals surface area contributed by atoms with Gasteiger partial charge in [0.15, 0.2) is 17.2 Å². The first-order chi connectivity index (χ1) is 12.7. The third-order valence-corrected chi connectivity index (χ3v) is 4.83. The number of rotatable bonds is 4. The summed E-state index contributed by atoms with van der Waals surface area (Å²) < 4.78 is 12.8. The van der Waals surface area contributed by atoms with E-state index in [0.29, 0.717) is 42.8 Å². The van der Waals surface area contributed by atoms with Crippen LogP contribution in [-0.4, -0.2) is 53.7 Å². The highest BCUT2D eigenvalue weighted by Gasteiger charge is 2.20. The fourth-order valence-electron chi connectivity index (χ4n) is 3.37. The summed E-state index contributed by atoms with van der Waals surface area (Å²) in [6.45, 7) is 5.58. The van der Waals surface area contributed by atoms with Crippen LogP contribution in [-0.2, 0) is 0 Å². The van der Waals surface area contributed by atoms with Gasteiger partial charge in [-0.3, -0.25) is 4.79 Å². The molecule has 26 heavy (non-hydrogen) atoms. The Bertz CT molecular complexity index is 798. The Hall–Kier alpha value is -2.61. The van der Waals surface area contributed by atoms with Gasteiger partial charge in [-0.25, -0.2) is 4.68 Å². The Morgan fingerprint density at radius 2 is 2.19 bits per heavy atom. The lowest BCUT2D eigenvalue weighted by Gasteiger charge is -2.22. The van der Waals surface area contributed by atoms with Crippen molar-refractivity contribution in [1.82, 2.24) is 25.6 Å². The number of ether oxygens (including phenoxy) is 2. The monoisotopic (exact) mass is 357 g/mol. The molecule has 2 aliphatic rings. The van der Waals surface area contributed by atoms with Crippen LogP contribution < -0.4 is 20.1 Å². The number of aromatic nitrogens is 3. The van der Waals surface area contributed by atoms with Gasteiger partial charge in [0.2, 0.25) is 0 Å². The van der Waals surface area contributed by atoms with E-state index in [4.69, 9.17) is 9.47 Å². The zero-order valence-corrected chi connectivity index (χ0v) is 14.8. The van der Waals surface area contributed by atoms with Crippen molar-refractivity contribution < 1.29 is 14.3 Å². The fraction of sp³-hybridized carbons (Fsp3) is 0.500. The molecule has 0 aliphatic carbocycles. The maximum atomic E-state index is 12.5. The van der Waals surface area contributed by atoms with E-state index < -0.39 is 0 Å². The molecule has 8 nitrogen and oxygen atoms in total. The average Bonchev–Trinajstić information content (AvgIpc) is 3.08. The van der Waals surface area contributed by atoms with Gasteiger partial charge in [0.1, 0.15) is 13.2 Å². The second-order valence-electron chi connectivity index (χ2n) is 6.69. The highest BCUT2D eigenvalue weighted by molar-refractivity contribution is 5.93. The van der Waals surface area contributed by atoms with Crippen LogP contribution in [0.25, 0.3) is 5.69 Å². The van der Waals surface area contributed by atoms with Crippen molar-refractivity contribution in [2.75, 3.05) is 32.8 Å². The minimum Gasteiger partial charge on any atom is -0.486 e. The zero-order valence-electron chi connectivity index (χ0n) is 14.8. The molecular formula is C18H23N5O3. The van der Waals surface area contributed by atoms with Crippen LogP contribution in [0.1, 0.15) is 29.0 Å². The Morgan fingerprint density at radius 3 is 3.00 bits per heavy atom. The molecule has 0 radical (unpaired) electrons. The number of hydrogen-bond donors (Lipinski definition) is 2. The summed E-state index contributed by atoms with van der Waals surface area (Å²) in [5.74, 6) is 1.69. The van der Waals surface area contributed by atoms with Crippen molar-refractivity contribution in [2.45, 2.75) is 19.8 Å². The van der Waals surface area contributed by atoms with Crippen molar-refractivity contribution in [1.29, 1.82) is 0 Å². The van der Waals surface area contributed by atoms with Gasteiger partial charge in [0.05, 0.1) is 11.4 Å². The van der Waals surface area contributed by atoms with E-state index in [1.54, 1.807) is 4.68 Å². The second-order valence-corrected chi connectivity index (χ2v) is 6.69. The maximum Gasteiger partial charge on any atom is 0.273 e. The van der Waals surface area contributed by atoms with E-state index in [9.17, 15) is 4.79 Å². The second kappa shape index (κ2) is 7.33. The number of carbonyl (C=O) groups is 1. The molecule has 8 heteroatoms. The lowest BCUT2D eigenvalue weighted by Crippen LogP contribution is -2.38. The van der Waals surface area contributed by atoms with Crippen LogP contribution in [0.2, 0.25) is 0 Å². The first kappa shape index (κ1) is 16.8. The molecule has 3 heterocycles. The Balaban J connectivity index is 1.48. The van der Waals surface area contributed by atoms with Gasteiger partial charge in [-0.2, -0.15) is 0 Å². The van der Waals surface area contributed by atoms with E-state index in [1.807, 2.05) is 25.1 Å². The smallest absolute Gasteiger partial charge is 0.273 e. The largest absolute Gasteiger partial charge is 0.486 e. The van der Waals surface area contributed by atoms with Crippen LogP contribution in [0.3, 0.4) is 0 Å². The molecule has 1 saturated heterocycles. The third kappa shape index (κ3) is 3.37. The van der Waals surface area contributed by atoms with Gasteiger partial charge < -0.3 is 20.1 Å². The van der Waals surface area contributed by atoms with E-state index in [0.717, 1.165) is 37.4 Å². The van der Waals surface area contributed by atoms with E-state index in [-0.39, 0.29) is 5.91 Å². The summed E-state index contributed by atoms with van der Waals surface area (Å²) in [6, 6.07) is 5.58. The first-order valence-electron chi connectivity index (χ1n) is 9.03. The molecule has 138 valence electrons. The summed E-state index contributed by atoms with van der Waals surface area (Å²) in [5.41, 5.74) is 1.83. The number of nitrogens with one attached hydrogen (secondary N) is 2. The number of fused-ring (bicyclic) bond motifs is 1. The van der Waals surface area contributed by atoms with Gasteiger partial charge in [0.25, 0.3) is 5.91 Å². The molecule has 0 saturated carbocycles. The molecule has 0 spiro atoms. The predicted molar refractivity (Wildman–Crippen MR) is 95.0 cm³/mol. The van der Waals surface area contributed by atoms with Crippen LogP contribution in [0.4, 0.5) is 0 Å². The van der Waals surface area contributed by atoms with Gasteiger partial charge in [-0.1, -0.05) is 5.21 Å². The number of benzene rings is 1. The molecule has 2 aromatic rings. The molecule has 1 unspecified atom stereocenters. The Morgan fingerprint density at radius 1 is 1.35 bits per heavy atom. The van der Waals surface area contributed by atoms with Crippen LogP contribution >= 0.6 is 0 Å². The number of nitrogens with zero attached hydrogens (tertiary/aromatic N) is 3. The summed E-state index contributed by atoms with van der Waals surface area (Å²) in [7, 11) is 0. The molecule has 2 aliphatic heterocycles. The molecule has 0 bridgehead atoms. The van der Waals surface area contributed by atoms with E-state index in [2.05, 4.69) is 20.9 Å². The van der Waals surface area contributed by atoms with E-state index >= 15 is 0 Å². The molecule has 1 aromatic carbocycles. The number of hydrogen-bond acceptors (Lipinski definition) is 6. The summed E-state index contributed by atoms with van der Waals surface area (Å²) in [6.07, 6.45) is 2.29. The van der Waals surface area contributed by atoms with Crippen molar-refractivity contribution >= 4 is 5.91 Å². The van der Waals surface area contributed by atoms with Gasteiger partial charge in [-0.15, -0.1) is 5.10 Å². The maximum absolute atomic E-state index is 12.5. The van der Waals surface area contributed by atoms with Crippen molar-refractivity contribution in [3.63, 3.8) is 0 Å². The molecular weight excluding hydrogens is 334 g/mol. The fourth-order valence-corrected chi connectivity index (χ4v) is 3.37. The SMILES string of the molecule is Cc1c(C(=O)NCC2CCCNC2)nnn1-c1ccc2c(c1)OCCO2. The van der Waals surface area contributed by atoms with Crippen LogP contribution in [0, 0.1) is 12.8 Å². The van der Waals surface area contributed by atoms with Crippen molar-refractivity contribution in [3.05, 3.63) is 29.6 Å². The minimum atomic E-state index is -0.183. The highest BCUT2D eigenvalue weighted by Crippen LogP contribution is 2.32. The lowest BCUT2D eigenvalue weighted by molar-refractivity contribution is 0.0939. The summed E-state index contributed by atoms with van der Waals surface area (Å²) in [4.78, 5) is 12.5. The van der Waals surface area contributed by atoms with Crippen LogP contribution in [0.15, 0.2) is 18.2 Å². The Labute approximate surface area is 151 Å². The molecule has 1 atom stereocenters. The van der Waals surface area contributed by atoms with Crippen LogP contribution in [0.5, 0.6) is 11.5 Å².